The summed E-state index contributed by atoms with van der Waals surface area (Å²) in [6.07, 6.45) is 67.6. The standard InChI is InChI=1S/C59H102O6/c1-4-7-10-13-16-19-22-25-27-29-30-32-34-37-40-43-46-49-52-58(61)64-55-56(54-63-57(60)51-48-45-42-39-36-33-24-21-18-15-12-9-6-3)65-59(62)53-50-47-44-41-38-35-31-28-26-23-20-17-14-11-8-5-2/h9,12,18,20-21,23,28,31,33,36,42,45,56H,4-8,10-11,13-17,19,22,24-27,29-30,32,34-35,37-41,43-44,46-55H2,1-3H3/b12-9-,21-18-,23-20-,31-28-,36-33-,45-42-. The molecule has 0 fully saturated rings. The Morgan fingerprint density at radius 1 is 0.323 bits per heavy atom. The van der Waals surface area contributed by atoms with Gasteiger partial charge in [-0.2, -0.15) is 0 Å². The molecule has 0 saturated carbocycles. The van der Waals surface area contributed by atoms with Crippen molar-refractivity contribution in [3.8, 4) is 0 Å². The average Bonchev–Trinajstić information content (AvgIpc) is 3.30. The van der Waals surface area contributed by atoms with Crippen LogP contribution in [0.3, 0.4) is 0 Å². The van der Waals surface area contributed by atoms with Crippen LogP contribution in [0.4, 0.5) is 0 Å². The van der Waals surface area contributed by atoms with Crippen LogP contribution in [0.2, 0.25) is 0 Å². The molecule has 6 heteroatoms. The van der Waals surface area contributed by atoms with Crippen LogP contribution in [-0.2, 0) is 28.6 Å². The number of ether oxygens (including phenoxy) is 3. The molecule has 1 unspecified atom stereocenters. The van der Waals surface area contributed by atoms with E-state index in [1.54, 1.807) is 0 Å². The molecule has 0 aromatic heterocycles. The molecule has 6 nitrogen and oxygen atoms in total. The molecule has 0 aliphatic heterocycles. The molecule has 0 rings (SSSR count). The predicted molar refractivity (Wildman–Crippen MR) is 279 cm³/mol. The second-order valence-corrected chi connectivity index (χ2v) is 18.1. The zero-order valence-electron chi connectivity index (χ0n) is 42.7. The first kappa shape index (κ1) is 61.9. The lowest BCUT2D eigenvalue weighted by atomic mass is 10.0. The minimum atomic E-state index is -0.809. The largest absolute Gasteiger partial charge is 0.462 e. The first-order valence-electron chi connectivity index (χ1n) is 27.4. The number of carbonyl (C=O) groups excluding carboxylic acids is 3. The van der Waals surface area contributed by atoms with Gasteiger partial charge in [-0.05, 0) is 77.0 Å². The predicted octanol–water partition coefficient (Wildman–Crippen LogP) is 18.2. The molecule has 0 spiro atoms. The lowest BCUT2D eigenvalue weighted by molar-refractivity contribution is -0.166. The zero-order chi connectivity index (χ0) is 47.2. The summed E-state index contributed by atoms with van der Waals surface area (Å²) in [5, 5.41) is 0. The van der Waals surface area contributed by atoms with Crippen LogP contribution in [0.1, 0.15) is 265 Å². The van der Waals surface area contributed by atoms with Crippen LogP contribution in [0, 0.1) is 0 Å². The highest BCUT2D eigenvalue weighted by Crippen LogP contribution is 2.16. The van der Waals surface area contributed by atoms with Crippen molar-refractivity contribution in [3.05, 3.63) is 72.9 Å². The number of carbonyl (C=O) groups is 3. The second-order valence-electron chi connectivity index (χ2n) is 18.1. The van der Waals surface area contributed by atoms with Gasteiger partial charge in [0.2, 0.25) is 0 Å². The van der Waals surface area contributed by atoms with Gasteiger partial charge in [0, 0.05) is 19.3 Å². The highest BCUT2D eigenvalue weighted by atomic mass is 16.6. The Bertz CT molecular complexity index is 1230. The summed E-state index contributed by atoms with van der Waals surface area (Å²) in [5.74, 6) is -0.994. The van der Waals surface area contributed by atoms with Crippen LogP contribution in [0.25, 0.3) is 0 Å². The maximum atomic E-state index is 12.8. The molecule has 0 bridgehead atoms. The van der Waals surface area contributed by atoms with E-state index in [4.69, 9.17) is 14.2 Å². The summed E-state index contributed by atoms with van der Waals surface area (Å²) in [6.45, 7) is 6.45. The van der Waals surface area contributed by atoms with Gasteiger partial charge in [-0.15, -0.1) is 0 Å². The molecule has 0 radical (unpaired) electrons. The van der Waals surface area contributed by atoms with Crippen molar-refractivity contribution >= 4 is 17.9 Å². The molecule has 374 valence electrons. The Labute approximate surface area is 402 Å². The molecule has 1 atom stereocenters. The zero-order valence-corrected chi connectivity index (χ0v) is 42.7. The SMILES string of the molecule is CC/C=C\C/C=C\C/C=C\C/C=C\CCC(=O)OCC(COC(=O)CCCCCCCCCCCCCCCCCCCC)OC(=O)CCCCCCC/C=C\C/C=C\CCCCCC. The van der Waals surface area contributed by atoms with E-state index in [0.29, 0.717) is 19.3 Å². The molecule has 0 aliphatic carbocycles. The minimum absolute atomic E-state index is 0.101. The van der Waals surface area contributed by atoms with Crippen molar-refractivity contribution in [2.45, 2.75) is 271 Å². The third-order valence-electron chi connectivity index (χ3n) is 11.7. The van der Waals surface area contributed by atoms with Crippen molar-refractivity contribution in [3.63, 3.8) is 0 Å². The summed E-state index contributed by atoms with van der Waals surface area (Å²) in [4.78, 5) is 38.0. The van der Waals surface area contributed by atoms with Crippen LogP contribution >= 0.6 is 0 Å². The third kappa shape index (κ3) is 51.7. The van der Waals surface area contributed by atoms with Crippen molar-refractivity contribution in [2.75, 3.05) is 13.2 Å². The first-order chi connectivity index (χ1) is 32.0. The topological polar surface area (TPSA) is 78.9 Å². The second kappa shape index (κ2) is 53.5. The molecule has 0 N–H and O–H groups in total. The molecule has 0 heterocycles. The van der Waals surface area contributed by atoms with Gasteiger partial charge in [0.05, 0.1) is 0 Å². The molecular weight excluding hydrogens is 805 g/mol. The Morgan fingerprint density at radius 2 is 0.631 bits per heavy atom. The summed E-state index contributed by atoms with van der Waals surface area (Å²) in [7, 11) is 0. The van der Waals surface area contributed by atoms with E-state index in [1.807, 2.05) is 6.08 Å². The fraction of sp³-hybridized carbons (Fsp3) is 0.746. The lowest BCUT2D eigenvalue weighted by Crippen LogP contribution is -2.30. The van der Waals surface area contributed by atoms with E-state index in [0.717, 1.165) is 89.9 Å². The first-order valence-corrected chi connectivity index (χ1v) is 27.4. The Hall–Kier alpha value is -3.15. The number of unbranched alkanes of at least 4 members (excludes halogenated alkanes) is 26. The maximum Gasteiger partial charge on any atom is 0.306 e. The van der Waals surface area contributed by atoms with Gasteiger partial charge >= 0.3 is 17.9 Å². The molecule has 0 aliphatic rings. The van der Waals surface area contributed by atoms with Gasteiger partial charge in [0.15, 0.2) is 6.10 Å². The summed E-state index contributed by atoms with van der Waals surface area (Å²) >= 11 is 0. The van der Waals surface area contributed by atoms with E-state index < -0.39 is 6.10 Å². The summed E-state index contributed by atoms with van der Waals surface area (Å²) < 4.78 is 16.8. The lowest BCUT2D eigenvalue weighted by Gasteiger charge is -2.18. The molecule has 0 saturated heterocycles. The summed E-state index contributed by atoms with van der Waals surface area (Å²) in [6, 6.07) is 0. The van der Waals surface area contributed by atoms with Crippen LogP contribution in [-0.4, -0.2) is 37.2 Å². The quantitative estimate of drug-likeness (QED) is 0.0262. The highest BCUT2D eigenvalue weighted by molar-refractivity contribution is 5.71. The van der Waals surface area contributed by atoms with Gasteiger partial charge < -0.3 is 14.2 Å². The number of hydrogen-bond acceptors (Lipinski definition) is 6. The normalized spacial score (nSPS) is 12.6. The van der Waals surface area contributed by atoms with Crippen molar-refractivity contribution < 1.29 is 28.6 Å². The summed E-state index contributed by atoms with van der Waals surface area (Å²) in [5.41, 5.74) is 0. The smallest absolute Gasteiger partial charge is 0.306 e. The maximum absolute atomic E-state index is 12.8. The van der Waals surface area contributed by atoms with Crippen LogP contribution in [0.5, 0.6) is 0 Å². The van der Waals surface area contributed by atoms with Gasteiger partial charge in [-0.3, -0.25) is 14.4 Å². The monoisotopic (exact) mass is 907 g/mol. The van der Waals surface area contributed by atoms with Gasteiger partial charge in [0.25, 0.3) is 0 Å². The van der Waals surface area contributed by atoms with Crippen molar-refractivity contribution in [1.82, 2.24) is 0 Å². The van der Waals surface area contributed by atoms with E-state index in [-0.39, 0.29) is 37.5 Å². The number of rotatable bonds is 49. The van der Waals surface area contributed by atoms with Gasteiger partial charge in [0.1, 0.15) is 13.2 Å². The molecule has 0 aromatic rings. The van der Waals surface area contributed by atoms with E-state index in [9.17, 15) is 14.4 Å². The van der Waals surface area contributed by atoms with Gasteiger partial charge in [-0.1, -0.05) is 241 Å². The van der Waals surface area contributed by atoms with Crippen molar-refractivity contribution in [2.24, 2.45) is 0 Å². The average molecular weight is 907 g/mol. The Kier molecular flexibility index (Phi) is 50.9. The minimum Gasteiger partial charge on any atom is -0.462 e. The van der Waals surface area contributed by atoms with Crippen molar-refractivity contribution in [1.29, 1.82) is 0 Å². The molecule has 65 heavy (non-hydrogen) atoms. The van der Waals surface area contributed by atoms with E-state index in [1.165, 1.54) is 128 Å². The highest BCUT2D eigenvalue weighted by Gasteiger charge is 2.19. The Morgan fingerprint density at radius 3 is 1.05 bits per heavy atom. The third-order valence-corrected chi connectivity index (χ3v) is 11.7. The van der Waals surface area contributed by atoms with E-state index in [2.05, 4.69) is 87.6 Å². The fourth-order valence-electron chi connectivity index (χ4n) is 7.60. The molecule has 0 amide bonds. The number of allylic oxidation sites excluding steroid dienone is 12. The van der Waals surface area contributed by atoms with Crippen LogP contribution in [0.15, 0.2) is 72.9 Å². The van der Waals surface area contributed by atoms with E-state index >= 15 is 0 Å². The number of esters is 3. The molecular formula is C59H102O6. The molecule has 0 aromatic carbocycles. The fourth-order valence-corrected chi connectivity index (χ4v) is 7.60. The Balaban J connectivity index is 4.43. The number of hydrogen-bond donors (Lipinski definition) is 0. The van der Waals surface area contributed by atoms with Crippen LogP contribution < -0.4 is 0 Å². The van der Waals surface area contributed by atoms with Gasteiger partial charge in [-0.25, -0.2) is 0 Å².